The van der Waals surface area contributed by atoms with Crippen molar-refractivity contribution in [3.05, 3.63) is 0 Å². The molecule has 1 aliphatic carbocycles. The predicted molar refractivity (Wildman–Crippen MR) is 49.7 cm³/mol. The molecule has 0 spiro atoms. The van der Waals surface area contributed by atoms with Crippen molar-refractivity contribution >= 4 is 0 Å². The second-order valence-corrected chi connectivity index (χ2v) is 4.32. The number of hydrogen-bond donors (Lipinski definition) is 0. The van der Waals surface area contributed by atoms with Gasteiger partial charge in [-0.3, -0.25) is 0 Å². The summed E-state index contributed by atoms with van der Waals surface area (Å²) in [6.07, 6.45) is 5.53. The standard InChI is InChI=1S/C10H21N/c1-5-10(11(3)4)7-6-9(2)8-10/h9H,5-8H2,1-4H3. The molecule has 0 saturated heterocycles. The second-order valence-electron chi connectivity index (χ2n) is 4.32. The van der Waals surface area contributed by atoms with Crippen LogP contribution in [0.3, 0.4) is 0 Å². The van der Waals surface area contributed by atoms with Crippen molar-refractivity contribution in [2.75, 3.05) is 14.1 Å². The average Bonchev–Trinajstić information content (AvgIpc) is 2.33. The van der Waals surface area contributed by atoms with Gasteiger partial charge in [0.2, 0.25) is 0 Å². The van der Waals surface area contributed by atoms with Crippen LogP contribution in [0.5, 0.6) is 0 Å². The first-order valence-corrected chi connectivity index (χ1v) is 4.78. The van der Waals surface area contributed by atoms with E-state index in [2.05, 4.69) is 32.8 Å². The normalized spacial score (nSPS) is 38.5. The molecule has 11 heavy (non-hydrogen) atoms. The third-order valence-electron chi connectivity index (χ3n) is 3.44. The Hall–Kier alpha value is -0.0400. The first-order valence-electron chi connectivity index (χ1n) is 4.78. The first-order chi connectivity index (χ1) is 5.10. The smallest absolute Gasteiger partial charge is 0.0203 e. The van der Waals surface area contributed by atoms with Crippen LogP contribution >= 0.6 is 0 Å². The summed E-state index contributed by atoms with van der Waals surface area (Å²) in [6, 6.07) is 0. The third kappa shape index (κ3) is 1.58. The molecule has 1 aliphatic rings. The fourth-order valence-electron chi connectivity index (χ4n) is 2.41. The van der Waals surface area contributed by atoms with Gasteiger partial charge in [-0.15, -0.1) is 0 Å². The molecule has 0 aromatic carbocycles. The summed E-state index contributed by atoms with van der Waals surface area (Å²) < 4.78 is 0. The minimum Gasteiger partial charge on any atom is -0.304 e. The maximum atomic E-state index is 2.43. The zero-order chi connectivity index (χ0) is 8.48. The van der Waals surface area contributed by atoms with Crippen LogP contribution in [-0.4, -0.2) is 24.5 Å². The van der Waals surface area contributed by atoms with Gasteiger partial charge in [0.05, 0.1) is 0 Å². The van der Waals surface area contributed by atoms with E-state index in [1.54, 1.807) is 0 Å². The van der Waals surface area contributed by atoms with E-state index in [9.17, 15) is 0 Å². The van der Waals surface area contributed by atoms with E-state index in [0.717, 1.165) is 5.92 Å². The maximum Gasteiger partial charge on any atom is 0.0203 e. The lowest BCUT2D eigenvalue weighted by Crippen LogP contribution is -2.41. The van der Waals surface area contributed by atoms with Crippen LogP contribution in [0.15, 0.2) is 0 Å². The molecule has 0 amide bonds. The van der Waals surface area contributed by atoms with Crippen molar-refractivity contribution in [2.45, 2.75) is 45.1 Å². The minimum atomic E-state index is 0.541. The van der Waals surface area contributed by atoms with E-state index in [0.29, 0.717) is 5.54 Å². The average molecular weight is 155 g/mol. The summed E-state index contributed by atoms with van der Waals surface area (Å²) in [4.78, 5) is 2.43. The van der Waals surface area contributed by atoms with Gasteiger partial charge < -0.3 is 4.90 Å². The van der Waals surface area contributed by atoms with Crippen molar-refractivity contribution in [1.29, 1.82) is 0 Å². The highest BCUT2D eigenvalue weighted by atomic mass is 15.1. The Morgan fingerprint density at radius 1 is 1.45 bits per heavy atom. The van der Waals surface area contributed by atoms with E-state index in [-0.39, 0.29) is 0 Å². The van der Waals surface area contributed by atoms with Crippen LogP contribution in [0.2, 0.25) is 0 Å². The van der Waals surface area contributed by atoms with E-state index in [4.69, 9.17) is 0 Å². The van der Waals surface area contributed by atoms with E-state index < -0.39 is 0 Å². The van der Waals surface area contributed by atoms with Crippen LogP contribution in [0.25, 0.3) is 0 Å². The Labute approximate surface area is 70.8 Å². The van der Waals surface area contributed by atoms with Gasteiger partial charge in [-0.25, -0.2) is 0 Å². The van der Waals surface area contributed by atoms with Gasteiger partial charge in [0.1, 0.15) is 0 Å². The molecule has 0 bridgehead atoms. The SMILES string of the molecule is CCC1(N(C)C)CCC(C)C1. The van der Waals surface area contributed by atoms with Crippen molar-refractivity contribution in [3.63, 3.8) is 0 Å². The fourth-order valence-corrected chi connectivity index (χ4v) is 2.41. The Kier molecular flexibility index (Phi) is 2.58. The summed E-state index contributed by atoms with van der Waals surface area (Å²) in [5.74, 6) is 0.942. The summed E-state index contributed by atoms with van der Waals surface area (Å²) in [7, 11) is 4.45. The number of rotatable bonds is 2. The number of nitrogens with zero attached hydrogens (tertiary/aromatic N) is 1. The van der Waals surface area contributed by atoms with Crippen LogP contribution in [0.4, 0.5) is 0 Å². The zero-order valence-electron chi connectivity index (χ0n) is 8.35. The molecule has 0 aromatic heterocycles. The summed E-state index contributed by atoms with van der Waals surface area (Å²) in [5, 5.41) is 0. The minimum absolute atomic E-state index is 0.541. The highest BCUT2D eigenvalue weighted by Crippen LogP contribution is 2.39. The lowest BCUT2D eigenvalue weighted by Gasteiger charge is -2.35. The topological polar surface area (TPSA) is 3.24 Å². The third-order valence-corrected chi connectivity index (χ3v) is 3.44. The molecule has 2 atom stereocenters. The number of hydrogen-bond acceptors (Lipinski definition) is 1. The Bertz CT molecular complexity index is 131. The van der Waals surface area contributed by atoms with Gasteiger partial charge in [0, 0.05) is 5.54 Å². The van der Waals surface area contributed by atoms with Crippen LogP contribution in [0, 0.1) is 5.92 Å². The summed E-state index contributed by atoms with van der Waals surface area (Å²) in [6.45, 7) is 4.69. The van der Waals surface area contributed by atoms with Crippen molar-refractivity contribution in [3.8, 4) is 0 Å². The van der Waals surface area contributed by atoms with Gasteiger partial charge in [0.25, 0.3) is 0 Å². The molecule has 1 rings (SSSR count). The molecular formula is C10H21N. The highest BCUT2D eigenvalue weighted by molar-refractivity contribution is 4.93. The van der Waals surface area contributed by atoms with E-state index in [1.165, 1.54) is 25.7 Å². The van der Waals surface area contributed by atoms with Gasteiger partial charge in [-0.1, -0.05) is 13.8 Å². The highest BCUT2D eigenvalue weighted by Gasteiger charge is 2.37. The predicted octanol–water partition coefficient (Wildman–Crippen LogP) is 2.52. The van der Waals surface area contributed by atoms with E-state index in [1.807, 2.05) is 0 Å². The molecule has 2 unspecified atom stereocenters. The molecule has 1 fully saturated rings. The molecule has 1 saturated carbocycles. The maximum absolute atomic E-state index is 2.43. The zero-order valence-corrected chi connectivity index (χ0v) is 8.35. The lowest BCUT2D eigenvalue weighted by molar-refractivity contribution is 0.147. The summed E-state index contributed by atoms with van der Waals surface area (Å²) in [5.41, 5.74) is 0.541. The molecular weight excluding hydrogens is 134 g/mol. The van der Waals surface area contributed by atoms with Crippen LogP contribution < -0.4 is 0 Å². The molecule has 0 N–H and O–H groups in total. The van der Waals surface area contributed by atoms with E-state index >= 15 is 0 Å². The van der Waals surface area contributed by atoms with Crippen molar-refractivity contribution in [2.24, 2.45) is 5.92 Å². The second kappa shape index (κ2) is 3.14. The Morgan fingerprint density at radius 3 is 2.27 bits per heavy atom. The van der Waals surface area contributed by atoms with Gasteiger partial charge in [0.15, 0.2) is 0 Å². The molecule has 0 heterocycles. The largest absolute Gasteiger partial charge is 0.304 e. The van der Waals surface area contributed by atoms with Crippen LogP contribution in [0.1, 0.15) is 39.5 Å². The first kappa shape index (κ1) is 9.05. The lowest BCUT2D eigenvalue weighted by atomic mass is 9.92. The van der Waals surface area contributed by atoms with Gasteiger partial charge in [-0.05, 0) is 45.7 Å². The fraction of sp³-hybridized carbons (Fsp3) is 1.00. The molecule has 66 valence electrons. The van der Waals surface area contributed by atoms with Crippen LogP contribution in [-0.2, 0) is 0 Å². The molecule has 0 radical (unpaired) electrons. The Morgan fingerprint density at radius 2 is 2.09 bits per heavy atom. The molecule has 1 nitrogen and oxygen atoms in total. The van der Waals surface area contributed by atoms with Crippen molar-refractivity contribution in [1.82, 2.24) is 4.90 Å². The molecule has 0 aliphatic heterocycles. The summed E-state index contributed by atoms with van der Waals surface area (Å²) >= 11 is 0. The quantitative estimate of drug-likeness (QED) is 0.592. The molecule has 0 aromatic rings. The Balaban J connectivity index is 2.62. The molecule has 1 heteroatoms. The monoisotopic (exact) mass is 155 g/mol. The van der Waals surface area contributed by atoms with Gasteiger partial charge in [-0.2, -0.15) is 0 Å². The van der Waals surface area contributed by atoms with Crippen molar-refractivity contribution < 1.29 is 0 Å². The van der Waals surface area contributed by atoms with Gasteiger partial charge >= 0.3 is 0 Å².